The van der Waals surface area contributed by atoms with E-state index in [1.807, 2.05) is 13.8 Å². The molecule has 23 heavy (non-hydrogen) atoms. The Hall–Kier alpha value is -1.24. The minimum atomic E-state index is 0.0225. The fraction of sp³-hybridized carbons (Fsp3) is 0.647. The maximum absolute atomic E-state index is 12.4. The van der Waals surface area contributed by atoms with Gasteiger partial charge in [-0.1, -0.05) is 0 Å². The molecule has 2 aromatic heterocycles. The van der Waals surface area contributed by atoms with Gasteiger partial charge in [0.25, 0.3) is 5.56 Å². The number of hydrogen-bond acceptors (Lipinski definition) is 5. The lowest BCUT2D eigenvalue weighted by Crippen LogP contribution is -2.21. The lowest BCUT2D eigenvalue weighted by atomic mass is 9.97. The van der Waals surface area contributed by atoms with Gasteiger partial charge in [0, 0.05) is 11.5 Å². The van der Waals surface area contributed by atoms with E-state index in [-0.39, 0.29) is 11.7 Å². The van der Waals surface area contributed by atoms with E-state index in [9.17, 15) is 4.79 Å². The van der Waals surface area contributed by atoms with Gasteiger partial charge in [0.15, 0.2) is 0 Å². The summed E-state index contributed by atoms with van der Waals surface area (Å²) in [4.78, 5) is 22.3. The van der Waals surface area contributed by atoms with Gasteiger partial charge in [0.2, 0.25) is 0 Å². The van der Waals surface area contributed by atoms with Gasteiger partial charge in [-0.05, 0) is 58.1 Å². The van der Waals surface area contributed by atoms with Gasteiger partial charge in [-0.15, -0.1) is 11.3 Å². The summed E-state index contributed by atoms with van der Waals surface area (Å²) < 4.78 is 5.51. The summed E-state index contributed by atoms with van der Waals surface area (Å²) >= 11 is 1.70. The zero-order valence-corrected chi connectivity index (χ0v) is 14.7. The summed E-state index contributed by atoms with van der Waals surface area (Å²) in [5, 5.41) is 4.15. The van der Waals surface area contributed by atoms with Crippen LogP contribution in [0.2, 0.25) is 0 Å². The molecule has 5 nitrogen and oxygen atoms in total. The normalized spacial score (nSPS) is 14.6. The van der Waals surface area contributed by atoms with E-state index in [4.69, 9.17) is 4.74 Å². The van der Waals surface area contributed by atoms with Crippen molar-refractivity contribution < 1.29 is 4.74 Å². The van der Waals surface area contributed by atoms with E-state index in [1.54, 1.807) is 11.3 Å². The molecule has 0 unspecified atom stereocenters. The molecular weight excluding hydrogens is 310 g/mol. The highest BCUT2D eigenvalue weighted by molar-refractivity contribution is 7.18. The molecule has 2 heterocycles. The standard InChI is InChI=1S/C17H25N3O2S/c1-11(2)22-9-5-8-18-10-14-19-16(21)15-12-6-3-4-7-13(12)23-17(15)20-14/h11,18H,3-10H2,1-2H3,(H,19,20,21). The number of aromatic nitrogens is 2. The van der Waals surface area contributed by atoms with Crippen LogP contribution in [-0.4, -0.2) is 29.2 Å². The second-order valence-corrected chi connectivity index (χ2v) is 7.44. The van der Waals surface area contributed by atoms with Crippen molar-refractivity contribution >= 4 is 21.6 Å². The molecule has 0 radical (unpaired) electrons. The van der Waals surface area contributed by atoms with Crippen molar-refractivity contribution in [1.82, 2.24) is 15.3 Å². The molecule has 0 aromatic carbocycles. The van der Waals surface area contributed by atoms with Crippen LogP contribution in [0.5, 0.6) is 0 Å². The van der Waals surface area contributed by atoms with Gasteiger partial charge in [-0.3, -0.25) is 4.79 Å². The molecule has 6 heteroatoms. The quantitative estimate of drug-likeness (QED) is 0.764. The zero-order chi connectivity index (χ0) is 16.2. The SMILES string of the molecule is CC(C)OCCCNCc1nc2sc3c(c2c(=O)[nH]1)CCCC3. The predicted octanol–water partition coefficient (Wildman–Crippen LogP) is 2.77. The Bertz CT molecular complexity index is 720. The summed E-state index contributed by atoms with van der Waals surface area (Å²) in [6.07, 6.45) is 5.76. The number of ether oxygens (including phenoxy) is 1. The molecular formula is C17H25N3O2S. The van der Waals surface area contributed by atoms with Gasteiger partial charge in [0.05, 0.1) is 18.0 Å². The molecule has 1 aliphatic rings. The number of rotatable bonds is 7. The van der Waals surface area contributed by atoms with Crippen LogP contribution < -0.4 is 10.9 Å². The smallest absolute Gasteiger partial charge is 0.259 e. The molecule has 0 atom stereocenters. The first-order valence-electron chi connectivity index (χ1n) is 8.51. The van der Waals surface area contributed by atoms with Crippen LogP contribution in [-0.2, 0) is 24.1 Å². The summed E-state index contributed by atoms with van der Waals surface area (Å²) in [7, 11) is 0. The first kappa shape index (κ1) is 16.6. The molecule has 0 saturated carbocycles. The minimum absolute atomic E-state index is 0.0225. The number of hydrogen-bond donors (Lipinski definition) is 2. The summed E-state index contributed by atoms with van der Waals surface area (Å²) in [6, 6.07) is 0. The van der Waals surface area contributed by atoms with E-state index in [2.05, 4.69) is 15.3 Å². The van der Waals surface area contributed by atoms with Crippen LogP contribution >= 0.6 is 11.3 Å². The average Bonchev–Trinajstić information content (AvgIpc) is 2.89. The van der Waals surface area contributed by atoms with Gasteiger partial charge in [-0.2, -0.15) is 0 Å². The Morgan fingerprint density at radius 3 is 3.00 bits per heavy atom. The minimum Gasteiger partial charge on any atom is -0.379 e. The van der Waals surface area contributed by atoms with Crippen molar-refractivity contribution in [1.29, 1.82) is 0 Å². The Morgan fingerprint density at radius 1 is 1.35 bits per heavy atom. The van der Waals surface area contributed by atoms with Crippen molar-refractivity contribution in [2.24, 2.45) is 0 Å². The van der Waals surface area contributed by atoms with Crippen LogP contribution in [0.4, 0.5) is 0 Å². The molecule has 2 aromatic rings. The molecule has 0 aliphatic heterocycles. The van der Waals surface area contributed by atoms with Crippen molar-refractivity contribution in [2.75, 3.05) is 13.2 Å². The topological polar surface area (TPSA) is 67.0 Å². The molecule has 0 spiro atoms. The Morgan fingerprint density at radius 2 is 2.17 bits per heavy atom. The number of aromatic amines is 1. The number of aryl methyl sites for hydroxylation is 2. The molecule has 126 valence electrons. The molecule has 0 amide bonds. The van der Waals surface area contributed by atoms with E-state index in [0.29, 0.717) is 6.54 Å². The van der Waals surface area contributed by atoms with E-state index in [1.165, 1.54) is 23.3 Å². The molecule has 0 bridgehead atoms. The Labute approximate surface area is 140 Å². The predicted molar refractivity (Wildman–Crippen MR) is 94.3 cm³/mol. The van der Waals surface area contributed by atoms with Gasteiger partial charge in [-0.25, -0.2) is 4.98 Å². The highest BCUT2D eigenvalue weighted by Crippen LogP contribution is 2.33. The number of H-pyrrole nitrogens is 1. The van der Waals surface area contributed by atoms with Crippen LogP contribution in [0.1, 0.15) is 49.4 Å². The fourth-order valence-corrected chi connectivity index (χ4v) is 4.30. The monoisotopic (exact) mass is 335 g/mol. The largest absolute Gasteiger partial charge is 0.379 e. The molecule has 0 fully saturated rings. The van der Waals surface area contributed by atoms with Crippen molar-refractivity contribution in [3.05, 3.63) is 26.6 Å². The Kier molecular flexibility index (Phi) is 5.46. The lowest BCUT2D eigenvalue weighted by Gasteiger charge is -2.09. The fourth-order valence-electron chi connectivity index (χ4n) is 3.02. The van der Waals surface area contributed by atoms with Crippen molar-refractivity contribution in [3.63, 3.8) is 0 Å². The molecule has 2 N–H and O–H groups in total. The number of thiophene rings is 1. The summed E-state index contributed by atoms with van der Waals surface area (Å²) in [5.74, 6) is 0.728. The lowest BCUT2D eigenvalue weighted by molar-refractivity contribution is 0.0770. The second kappa shape index (κ2) is 7.55. The van der Waals surface area contributed by atoms with Crippen LogP contribution in [0.25, 0.3) is 10.2 Å². The second-order valence-electron chi connectivity index (χ2n) is 6.35. The third-order valence-corrected chi connectivity index (χ3v) is 5.30. The third-order valence-electron chi connectivity index (χ3n) is 4.12. The van der Waals surface area contributed by atoms with Gasteiger partial charge < -0.3 is 15.0 Å². The highest BCUT2D eigenvalue weighted by Gasteiger charge is 2.19. The molecule has 0 saturated heterocycles. The van der Waals surface area contributed by atoms with E-state index >= 15 is 0 Å². The third kappa shape index (κ3) is 4.00. The van der Waals surface area contributed by atoms with Crippen LogP contribution in [0.3, 0.4) is 0 Å². The number of fused-ring (bicyclic) bond motifs is 3. The first-order valence-corrected chi connectivity index (χ1v) is 9.32. The zero-order valence-electron chi connectivity index (χ0n) is 13.9. The van der Waals surface area contributed by atoms with Crippen molar-refractivity contribution in [2.45, 2.75) is 58.6 Å². The molecule has 3 rings (SSSR count). The van der Waals surface area contributed by atoms with Gasteiger partial charge in [0.1, 0.15) is 10.7 Å². The van der Waals surface area contributed by atoms with Gasteiger partial charge >= 0.3 is 0 Å². The number of nitrogens with zero attached hydrogens (tertiary/aromatic N) is 1. The van der Waals surface area contributed by atoms with E-state index < -0.39 is 0 Å². The van der Waals surface area contributed by atoms with Crippen LogP contribution in [0.15, 0.2) is 4.79 Å². The van der Waals surface area contributed by atoms with Crippen molar-refractivity contribution in [3.8, 4) is 0 Å². The number of nitrogens with one attached hydrogen (secondary N) is 2. The maximum Gasteiger partial charge on any atom is 0.259 e. The summed E-state index contributed by atoms with van der Waals surface area (Å²) in [6.45, 7) is 6.28. The average molecular weight is 335 g/mol. The molecule has 1 aliphatic carbocycles. The highest BCUT2D eigenvalue weighted by atomic mass is 32.1. The maximum atomic E-state index is 12.4. The van der Waals surface area contributed by atoms with E-state index in [0.717, 1.165) is 48.5 Å². The Balaban J connectivity index is 1.63. The summed E-state index contributed by atoms with van der Waals surface area (Å²) in [5.41, 5.74) is 1.27. The first-order chi connectivity index (χ1) is 11.1. The van der Waals surface area contributed by atoms with Crippen LogP contribution in [0, 0.1) is 0 Å².